The third-order valence-corrected chi connectivity index (χ3v) is 6.22. The zero-order chi connectivity index (χ0) is 20.5. The minimum Gasteiger partial charge on any atom is -0.493 e. The first-order chi connectivity index (χ1) is 14.2. The lowest BCUT2D eigenvalue weighted by atomic mass is 9.97. The van der Waals surface area contributed by atoms with E-state index in [2.05, 4.69) is 38.0 Å². The van der Waals surface area contributed by atoms with E-state index in [0.717, 1.165) is 36.1 Å². The van der Waals surface area contributed by atoms with Gasteiger partial charge in [-0.1, -0.05) is 12.1 Å². The van der Waals surface area contributed by atoms with Crippen LogP contribution in [0.5, 0.6) is 11.5 Å². The average molecular weight is 545 g/mol. The molecule has 0 bridgehead atoms. The van der Waals surface area contributed by atoms with Gasteiger partial charge in [0.2, 0.25) is 0 Å². The molecule has 0 amide bonds. The van der Waals surface area contributed by atoms with Crippen molar-refractivity contribution in [3.05, 3.63) is 46.2 Å². The normalized spacial score (nSPS) is 15.4. The SMILES string of the molecule is CN=C(NCc1ccc(OC)c(OC)c1)NCC1CCN(Cc2cccs2)CC1.I. The predicted octanol–water partition coefficient (Wildman–Crippen LogP) is 3.96. The van der Waals surface area contributed by atoms with Gasteiger partial charge in [-0.15, -0.1) is 35.3 Å². The highest BCUT2D eigenvalue weighted by Crippen LogP contribution is 2.27. The molecule has 1 fully saturated rings. The number of piperidine rings is 1. The number of rotatable bonds is 8. The lowest BCUT2D eigenvalue weighted by molar-refractivity contribution is 0.179. The van der Waals surface area contributed by atoms with Crippen molar-refractivity contribution in [1.29, 1.82) is 0 Å². The lowest BCUT2D eigenvalue weighted by Gasteiger charge is -2.32. The van der Waals surface area contributed by atoms with Crippen molar-refractivity contribution in [3.8, 4) is 11.5 Å². The summed E-state index contributed by atoms with van der Waals surface area (Å²) in [6, 6.07) is 10.3. The van der Waals surface area contributed by atoms with Gasteiger partial charge in [-0.2, -0.15) is 0 Å². The zero-order valence-corrected chi connectivity index (χ0v) is 21.2. The molecule has 0 saturated carbocycles. The Morgan fingerprint density at radius 2 is 1.90 bits per heavy atom. The molecule has 2 heterocycles. The van der Waals surface area contributed by atoms with Gasteiger partial charge in [0.05, 0.1) is 14.2 Å². The van der Waals surface area contributed by atoms with Crippen LogP contribution in [0.1, 0.15) is 23.3 Å². The molecule has 1 aliphatic heterocycles. The smallest absolute Gasteiger partial charge is 0.191 e. The Kier molecular flexibility index (Phi) is 10.7. The average Bonchev–Trinajstić information content (AvgIpc) is 3.27. The molecule has 0 atom stereocenters. The van der Waals surface area contributed by atoms with Crippen LogP contribution in [0.25, 0.3) is 0 Å². The van der Waals surface area contributed by atoms with E-state index in [4.69, 9.17) is 9.47 Å². The first-order valence-corrected chi connectivity index (χ1v) is 11.0. The van der Waals surface area contributed by atoms with Crippen molar-refractivity contribution in [2.75, 3.05) is 40.9 Å². The number of hydrogen-bond acceptors (Lipinski definition) is 5. The highest BCUT2D eigenvalue weighted by atomic mass is 127. The number of hydrogen-bond donors (Lipinski definition) is 2. The van der Waals surface area contributed by atoms with Gasteiger partial charge in [-0.3, -0.25) is 9.89 Å². The van der Waals surface area contributed by atoms with E-state index in [-0.39, 0.29) is 24.0 Å². The number of likely N-dealkylation sites (tertiary alicyclic amines) is 1. The van der Waals surface area contributed by atoms with Crippen molar-refractivity contribution in [2.24, 2.45) is 10.9 Å². The molecule has 1 aromatic carbocycles. The molecule has 6 nitrogen and oxygen atoms in total. The number of methoxy groups -OCH3 is 2. The zero-order valence-electron chi connectivity index (χ0n) is 18.0. The van der Waals surface area contributed by atoms with Crippen LogP contribution in [0.4, 0.5) is 0 Å². The summed E-state index contributed by atoms with van der Waals surface area (Å²) < 4.78 is 10.7. The Morgan fingerprint density at radius 3 is 2.53 bits per heavy atom. The molecular formula is C22H33IN4O2S. The highest BCUT2D eigenvalue weighted by Gasteiger charge is 2.19. The van der Waals surface area contributed by atoms with Gasteiger partial charge in [0.1, 0.15) is 0 Å². The summed E-state index contributed by atoms with van der Waals surface area (Å²) >= 11 is 1.85. The number of halogens is 1. The number of aliphatic imine (C=N–C) groups is 1. The number of benzene rings is 1. The van der Waals surface area contributed by atoms with Crippen LogP contribution in [-0.2, 0) is 13.1 Å². The third-order valence-electron chi connectivity index (χ3n) is 5.36. The first kappa shape index (κ1) is 24.7. The highest BCUT2D eigenvalue weighted by molar-refractivity contribution is 14.0. The second-order valence-corrected chi connectivity index (χ2v) is 8.33. The summed E-state index contributed by atoms with van der Waals surface area (Å²) in [6.07, 6.45) is 2.45. The molecule has 1 aromatic heterocycles. The van der Waals surface area contributed by atoms with E-state index in [1.165, 1.54) is 30.8 Å². The molecule has 1 saturated heterocycles. The molecule has 1 aliphatic rings. The Morgan fingerprint density at radius 1 is 1.13 bits per heavy atom. The van der Waals surface area contributed by atoms with Gasteiger partial charge in [-0.05, 0) is 61.0 Å². The van der Waals surface area contributed by atoms with Crippen molar-refractivity contribution in [2.45, 2.75) is 25.9 Å². The van der Waals surface area contributed by atoms with Gasteiger partial charge in [0, 0.05) is 31.6 Å². The lowest BCUT2D eigenvalue weighted by Crippen LogP contribution is -2.42. The fourth-order valence-corrected chi connectivity index (χ4v) is 4.36. The minimum absolute atomic E-state index is 0. The molecule has 2 aromatic rings. The second-order valence-electron chi connectivity index (χ2n) is 7.29. The maximum Gasteiger partial charge on any atom is 0.191 e. The summed E-state index contributed by atoms with van der Waals surface area (Å²) in [5.74, 6) is 3.00. The van der Waals surface area contributed by atoms with Gasteiger partial charge in [-0.25, -0.2) is 0 Å². The topological polar surface area (TPSA) is 58.1 Å². The number of thiophene rings is 1. The van der Waals surface area contributed by atoms with Crippen LogP contribution in [0.15, 0.2) is 40.7 Å². The standard InChI is InChI=1S/C22H32N4O2S.HI/c1-23-22(25-15-18-6-7-20(27-2)21(13-18)28-3)24-14-17-8-10-26(11-9-17)16-19-5-4-12-29-19;/h4-7,12-13,17H,8-11,14-16H2,1-3H3,(H2,23,24,25);1H. The van der Waals surface area contributed by atoms with Crippen LogP contribution in [0, 0.1) is 5.92 Å². The van der Waals surface area contributed by atoms with Crippen LogP contribution >= 0.6 is 35.3 Å². The maximum absolute atomic E-state index is 5.38. The summed E-state index contributed by atoms with van der Waals surface area (Å²) in [7, 11) is 5.11. The molecule has 0 spiro atoms. The van der Waals surface area contributed by atoms with Crippen LogP contribution in [-0.4, -0.2) is 51.8 Å². The minimum atomic E-state index is 0. The largest absolute Gasteiger partial charge is 0.493 e. The van der Waals surface area contributed by atoms with Gasteiger partial charge < -0.3 is 20.1 Å². The third kappa shape index (κ3) is 7.31. The van der Waals surface area contributed by atoms with Crippen molar-refractivity contribution in [1.82, 2.24) is 15.5 Å². The fourth-order valence-electron chi connectivity index (χ4n) is 3.61. The van der Waals surface area contributed by atoms with Gasteiger partial charge in [0.15, 0.2) is 17.5 Å². The molecule has 8 heteroatoms. The molecule has 166 valence electrons. The second kappa shape index (κ2) is 13.0. The number of guanidine groups is 1. The van der Waals surface area contributed by atoms with E-state index in [9.17, 15) is 0 Å². The number of nitrogens with zero attached hydrogens (tertiary/aromatic N) is 2. The van der Waals surface area contributed by atoms with Crippen molar-refractivity contribution < 1.29 is 9.47 Å². The molecule has 3 rings (SSSR count). The predicted molar refractivity (Wildman–Crippen MR) is 135 cm³/mol. The molecule has 2 N–H and O–H groups in total. The quantitative estimate of drug-likeness (QED) is 0.300. The maximum atomic E-state index is 5.38. The fraction of sp³-hybridized carbons (Fsp3) is 0.500. The van der Waals surface area contributed by atoms with Gasteiger partial charge in [0.25, 0.3) is 0 Å². The Balaban J connectivity index is 0.00000320. The van der Waals surface area contributed by atoms with E-state index >= 15 is 0 Å². The summed E-state index contributed by atoms with van der Waals surface area (Å²) in [4.78, 5) is 8.38. The van der Waals surface area contributed by atoms with E-state index in [1.807, 2.05) is 36.6 Å². The number of nitrogens with one attached hydrogen (secondary N) is 2. The summed E-state index contributed by atoms with van der Waals surface area (Å²) in [5.41, 5.74) is 1.12. The van der Waals surface area contributed by atoms with Crippen LogP contribution in [0.2, 0.25) is 0 Å². The monoisotopic (exact) mass is 544 g/mol. The van der Waals surface area contributed by atoms with E-state index in [0.29, 0.717) is 12.5 Å². The van der Waals surface area contributed by atoms with Crippen molar-refractivity contribution in [3.63, 3.8) is 0 Å². The molecule has 0 aliphatic carbocycles. The Bertz CT molecular complexity index is 777. The molecule has 30 heavy (non-hydrogen) atoms. The summed E-state index contributed by atoms with van der Waals surface area (Å²) in [6.45, 7) is 5.06. The molecule has 0 radical (unpaired) electrons. The van der Waals surface area contributed by atoms with E-state index in [1.54, 1.807) is 14.2 Å². The van der Waals surface area contributed by atoms with Crippen LogP contribution < -0.4 is 20.1 Å². The Hall–Kier alpha value is -1.52. The molecule has 0 unspecified atom stereocenters. The van der Waals surface area contributed by atoms with Gasteiger partial charge >= 0.3 is 0 Å². The molecular weight excluding hydrogens is 511 g/mol. The van der Waals surface area contributed by atoms with Crippen molar-refractivity contribution >= 4 is 41.3 Å². The first-order valence-electron chi connectivity index (χ1n) is 10.1. The Labute approximate surface area is 201 Å². The number of ether oxygens (including phenoxy) is 2. The van der Waals surface area contributed by atoms with E-state index < -0.39 is 0 Å². The van der Waals surface area contributed by atoms with Crippen LogP contribution in [0.3, 0.4) is 0 Å². The summed E-state index contributed by atoms with van der Waals surface area (Å²) in [5, 5.41) is 9.03.